The molecule has 5 heteroatoms. The van der Waals surface area contributed by atoms with Gasteiger partial charge in [-0.05, 0) is 27.4 Å². The lowest BCUT2D eigenvalue weighted by Gasteiger charge is -2.38. The maximum absolute atomic E-state index is 11.7. The van der Waals surface area contributed by atoms with E-state index >= 15 is 0 Å². The normalized spacial score (nSPS) is 23.9. The van der Waals surface area contributed by atoms with Gasteiger partial charge in [0.25, 0.3) is 0 Å². The highest BCUT2D eigenvalue weighted by molar-refractivity contribution is 5.75. The van der Waals surface area contributed by atoms with Crippen LogP contribution in [0.2, 0.25) is 0 Å². The van der Waals surface area contributed by atoms with Crippen molar-refractivity contribution in [2.75, 3.05) is 46.9 Å². The van der Waals surface area contributed by atoms with E-state index < -0.39 is 0 Å². The van der Waals surface area contributed by atoms with Crippen LogP contribution in [-0.2, 0) is 9.53 Å². The molecule has 0 aromatic carbocycles. The molecule has 0 amide bonds. The van der Waals surface area contributed by atoms with Crippen LogP contribution in [0.1, 0.15) is 20.3 Å². The van der Waals surface area contributed by atoms with Crippen molar-refractivity contribution in [2.24, 2.45) is 0 Å². The minimum atomic E-state index is -0.175. The number of rotatable bonds is 6. The van der Waals surface area contributed by atoms with E-state index in [-0.39, 0.29) is 12.0 Å². The average molecular weight is 257 g/mol. The van der Waals surface area contributed by atoms with Crippen molar-refractivity contribution in [1.29, 1.82) is 0 Å². The van der Waals surface area contributed by atoms with Crippen molar-refractivity contribution in [3.63, 3.8) is 0 Å². The fraction of sp³-hybridized carbons (Fsp3) is 0.923. The van der Waals surface area contributed by atoms with Gasteiger partial charge in [-0.25, -0.2) is 0 Å². The molecule has 1 rings (SSSR count). The molecule has 0 aromatic rings. The Labute approximate surface area is 110 Å². The summed E-state index contributed by atoms with van der Waals surface area (Å²) >= 11 is 0. The molecule has 1 saturated heterocycles. The van der Waals surface area contributed by atoms with Crippen molar-refractivity contribution in [3.8, 4) is 0 Å². The minimum absolute atomic E-state index is 0.133. The fourth-order valence-electron chi connectivity index (χ4n) is 2.24. The van der Waals surface area contributed by atoms with Gasteiger partial charge in [0, 0.05) is 32.2 Å². The summed E-state index contributed by atoms with van der Waals surface area (Å²) in [6, 6.07) is 0.290. The Bertz CT molecular complexity index is 261. The SMILES string of the molecule is CCOC(=O)C(CC)NCC1CN(C)CCN1C. The van der Waals surface area contributed by atoms with Gasteiger partial charge in [-0.3, -0.25) is 9.69 Å². The monoisotopic (exact) mass is 257 g/mol. The van der Waals surface area contributed by atoms with Gasteiger partial charge in [0.2, 0.25) is 0 Å². The van der Waals surface area contributed by atoms with Crippen molar-refractivity contribution in [1.82, 2.24) is 15.1 Å². The third-order valence-corrected chi connectivity index (χ3v) is 3.56. The van der Waals surface area contributed by atoms with E-state index in [9.17, 15) is 4.79 Å². The molecule has 2 atom stereocenters. The highest BCUT2D eigenvalue weighted by Crippen LogP contribution is 2.05. The molecular formula is C13H27N3O2. The first-order valence-corrected chi connectivity index (χ1v) is 6.87. The van der Waals surface area contributed by atoms with Crippen molar-refractivity contribution in [3.05, 3.63) is 0 Å². The largest absolute Gasteiger partial charge is 0.465 e. The average Bonchev–Trinajstić information content (AvgIpc) is 2.34. The molecule has 1 heterocycles. The number of piperazine rings is 1. The molecule has 5 nitrogen and oxygen atoms in total. The molecule has 1 fully saturated rings. The van der Waals surface area contributed by atoms with Crippen LogP contribution in [0.25, 0.3) is 0 Å². The molecule has 0 radical (unpaired) electrons. The molecule has 2 unspecified atom stereocenters. The Morgan fingerprint density at radius 1 is 1.39 bits per heavy atom. The molecular weight excluding hydrogens is 230 g/mol. The van der Waals surface area contributed by atoms with Gasteiger partial charge in [-0.2, -0.15) is 0 Å². The lowest BCUT2D eigenvalue weighted by atomic mass is 10.1. The van der Waals surface area contributed by atoms with Gasteiger partial charge in [0.05, 0.1) is 6.61 Å². The second-order valence-corrected chi connectivity index (χ2v) is 5.02. The van der Waals surface area contributed by atoms with Gasteiger partial charge in [-0.15, -0.1) is 0 Å². The quantitative estimate of drug-likeness (QED) is 0.687. The molecule has 1 aliphatic heterocycles. The molecule has 0 aliphatic carbocycles. The molecule has 1 N–H and O–H groups in total. The Morgan fingerprint density at radius 3 is 2.72 bits per heavy atom. The number of ether oxygens (including phenoxy) is 1. The molecule has 0 aromatic heterocycles. The number of esters is 1. The third-order valence-electron chi connectivity index (χ3n) is 3.56. The summed E-state index contributed by atoms with van der Waals surface area (Å²) in [6.45, 7) is 8.37. The second-order valence-electron chi connectivity index (χ2n) is 5.02. The maximum atomic E-state index is 11.7. The number of hydrogen-bond donors (Lipinski definition) is 1. The van der Waals surface area contributed by atoms with Gasteiger partial charge >= 0.3 is 5.97 Å². The van der Waals surface area contributed by atoms with Crippen molar-refractivity contribution >= 4 is 5.97 Å². The van der Waals surface area contributed by atoms with E-state index in [1.54, 1.807) is 0 Å². The third kappa shape index (κ3) is 4.55. The summed E-state index contributed by atoms with van der Waals surface area (Å²) < 4.78 is 5.06. The highest BCUT2D eigenvalue weighted by Gasteiger charge is 2.24. The van der Waals surface area contributed by atoms with Crippen molar-refractivity contribution in [2.45, 2.75) is 32.4 Å². The predicted molar refractivity (Wildman–Crippen MR) is 72.6 cm³/mol. The zero-order chi connectivity index (χ0) is 13.5. The first kappa shape index (κ1) is 15.4. The van der Waals surface area contributed by atoms with Gasteiger partial charge < -0.3 is 15.0 Å². The van der Waals surface area contributed by atoms with Crippen LogP contribution in [-0.4, -0.2) is 74.7 Å². The summed E-state index contributed by atoms with van der Waals surface area (Å²) in [5.74, 6) is -0.133. The molecule has 0 bridgehead atoms. The summed E-state index contributed by atoms with van der Waals surface area (Å²) in [5.41, 5.74) is 0. The predicted octanol–water partition coefficient (Wildman–Crippen LogP) is 0.164. The van der Waals surface area contributed by atoms with Crippen molar-refractivity contribution < 1.29 is 9.53 Å². The summed E-state index contributed by atoms with van der Waals surface area (Å²) in [6.07, 6.45) is 0.769. The van der Waals surface area contributed by atoms with Crippen LogP contribution in [0.15, 0.2) is 0 Å². The van der Waals surface area contributed by atoms with Crippen LogP contribution >= 0.6 is 0 Å². The molecule has 1 aliphatic rings. The van der Waals surface area contributed by atoms with Gasteiger partial charge in [0.1, 0.15) is 6.04 Å². The Kier molecular flexibility index (Phi) is 6.60. The Balaban J connectivity index is 2.39. The van der Waals surface area contributed by atoms with Gasteiger partial charge in [-0.1, -0.05) is 6.92 Å². The van der Waals surface area contributed by atoms with Crippen LogP contribution in [0.4, 0.5) is 0 Å². The fourth-order valence-corrected chi connectivity index (χ4v) is 2.24. The number of likely N-dealkylation sites (N-methyl/N-ethyl adjacent to an activating group) is 2. The Hall–Kier alpha value is -0.650. The van der Waals surface area contributed by atoms with Crippen LogP contribution in [0.5, 0.6) is 0 Å². The number of hydrogen-bond acceptors (Lipinski definition) is 5. The second kappa shape index (κ2) is 7.71. The number of nitrogens with zero attached hydrogens (tertiary/aromatic N) is 2. The van der Waals surface area contributed by atoms with E-state index in [1.807, 2.05) is 13.8 Å². The van der Waals surface area contributed by atoms with Gasteiger partial charge in [0.15, 0.2) is 0 Å². The number of nitrogens with one attached hydrogen (secondary N) is 1. The van der Waals surface area contributed by atoms with E-state index in [0.29, 0.717) is 12.6 Å². The lowest BCUT2D eigenvalue weighted by molar-refractivity contribution is -0.145. The highest BCUT2D eigenvalue weighted by atomic mass is 16.5. The summed E-state index contributed by atoms with van der Waals surface area (Å²) in [5, 5.41) is 3.33. The number of carbonyl (C=O) groups is 1. The van der Waals surface area contributed by atoms with E-state index in [4.69, 9.17) is 4.74 Å². The zero-order valence-corrected chi connectivity index (χ0v) is 12.1. The molecule has 106 valence electrons. The summed E-state index contributed by atoms with van der Waals surface area (Å²) in [4.78, 5) is 16.4. The molecule has 0 spiro atoms. The zero-order valence-electron chi connectivity index (χ0n) is 12.1. The number of carbonyl (C=O) groups excluding carboxylic acids is 1. The first-order valence-electron chi connectivity index (χ1n) is 6.87. The minimum Gasteiger partial charge on any atom is -0.465 e. The molecule has 18 heavy (non-hydrogen) atoms. The van der Waals surface area contributed by atoms with Crippen LogP contribution in [0, 0.1) is 0 Å². The Morgan fingerprint density at radius 2 is 2.11 bits per heavy atom. The van der Waals surface area contributed by atoms with E-state index in [0.717, 1.165) is 32.6 Å². The standard InChI is InChI=1S/C13H27N3O2/c1-5-12(13(17)18-6-2)14-9-11-10-15(3)7-8-16(11)4/h11-12,14H,5-10H2,1-4H3. The summed E-state index contributed by atoms with van der Waals surface area (Å²) in [7, 11) is 4.29. The molecule has 0 saturated carbocycles. The lowest BCUT2D eigenvalue weighted by Crippen LogP contribution is -2.55. The first-order chi connectivity index (χ1) is 8.58. The van der Waals surface area contributed by atoms with Crippen LogP contribution in [0.3, 0.4) is 0 Å². The van der Waals surface area contributed by atoms with Crippen LogP contribution < -0.4 is 5.32 Å². The van der Waals surface area contributed by atoms with E-state index in [2.05, 4.69) is 29.2 Å². The smallest absolute Gasteiger partial charge is 0.323 e. The maximum Gasteiger partial charge on any atom is 0.323 e. The topological polar surface area (TPSA) is 44.8 Å². The van der Waals surface area contributed by atoms with E-state index in [1.165, 1.54) is 0 Å².